The minimum Gasteiger partial charge on any atom is -0.324 e. The van der Waals surface area contributed by atoms with E-state index < -0.39 is 32.5 Å². The maximum Gasteiger partial charge on any atom is 0.264 e. The lowest BCUT2D eigenvalue weighted by atomic mass is 10.2. The number of hydrogen-bond donors (Lipinski definition) is 1. The lowest BCUT2D eigenvalue weighted by Crippen LogP contribution is -2.38. The normalized spacial score (nSPS) is 11.6. The number of benzene rings is 3. The summed E-state index contributed by atoms with van der Waals surface area (Å²) in [6, 6.07) is 18.8. The number of carbonyl (C=O) groups excluding carboxylic acids is 1. The van der Waals surface area contributed by atoms with Gasteiger partial charge in [0, 0.05) is 17.8 Å². The highest BCUT2D eigenvalue weighted by Crippen LogP contribution is 2.28. The van der Waals surface area contributed by atoms with Gasteiger partial charge < -0.3 is 5.32 Å². The summed E-state index contributed by atoms with van der Waals surface area (Å²) in [5.41, 5.74) is 1.66. The molecule has 0 radical (unpaired) electrons. The van der Waals surface area contributed by atoms with Gasteiger partial charge in [-0.3, -0.25) is 13.4 Å². The first-order valence-electron chi connectivity index (χ1n) is 10.1. The fraction of sp³-hybridized carbons (Fsp3) is 0.174. The van der Waals surface area contributed by atoms with Gasteiger partial charge in [0.2, 0.25) is 15.9 Å². The second-order valence-corrected chi connectivity index (χ2v) is 11.9. The molecular weight excluding hydrogens is 498 g/mol. The van der Waals surface area contributed by atoms with Crippen LogP contribution in [-0.4, -0.2) is 42.6 Å². The molecule has 1 N–H and O–H groups in total. The molecule has 0 atom stereocenters. The average molecular weight is 522 g/mol. The summed E-state index contributed by atoms with van der Waals surface area (Å²) in [7, 11) is -6.18. The molecular formula is C23H24ClN3O5S2. The van der Waals surface area contributed by atoms with Crippen molar-refractivity contribution in [3.8, 4) is 0 Å². The van der Waals surface area contributed by atoms with E-state index >= 15 is 0 Å². The van der Waals surface area contributed by atoms with Crippen LogP contribution in [0.1, 0.15) is 5.56 Å². The summed E-state index contributed by atoms with van der Waals surface area (Å²) in [6.07, 6.45) is 1.07. The first-order valence-corrected chi connectivity index (χ1v) is 13.7. The second-order valence-electron chi connectivity index (χ2n) is 7.59. The van der Waals surface area contributed by atoms with Gasteiger partial charge in [-0.15, -0.1) is 0 Å². The fourth-order valence-corrected chi connectivity index (χ4v) is 5.18. The molecule has 0 aromatic heterocycles. The van der Waals surface area contributed by atoms with E-state index in [0.29, 0.717) is 16.4 Å². The van der Waals surface area contributed by atoms with Gasteiger partial charge in [0.05, 0.1) is 22.5 Å². The summed E-state index contributed by atoms with van der Waals surface area (Å²) in [5.74, 6) is -0.615. The highest BCUT2D eigenvalue weighted by atomic mass is 35.5. The number of nitrogens with zero attached hydrogens (tertiary/aromatic N) is 2. The zero-order valence-corrected chi connectivity index (χ0v) is 21.2. The highest BCUT2D eigenvalue weighted by molar-refractivity contribution is 7.93. The molecule has 0 fully saturated rings. The topological polar surface area (TPSA) is 104 Å². The Kier molecular flexibility index (Phi) is 7.54. The largest absolute Gasteiger partial charge is 0.324 e. The van der Waals surface area contributed by atoms with Crippen LogP contribution in [0.2, 0.25) is 5.02 Å². The summed E-state index contributed by atoms with van der Waals surface area (Å²) >= 11 is 6.23. The molecule has 1 amide bonds. The molecule has 0 heterocycles. The lowest BCUT2D eigenvalue weighted by molar-refractivity contribution is -0.114. The minimum absolute atomic E-state index is 0.0243. The Bertz CT molecular complexity index is 1410. The molecule has 3 aromatic carbocycles. The molecule has 3 aromatic rings. The van der Waals surface area contributed by atoms with Crippen molar-refractivity contribution >= 4 is 54.6 Å². The molecule has 34 heavy (non-hydrogen) atoms. The lowest BCUT2D eigenvalue weighted by Gasteiger charge is -2.25. The molecule has 11 heteroatoms. The van der Waals surface area contributed by atoms with Crippen LogP contribution < -0.4 is 13.9 Å². The third-order valence-corrected chi connectivity index (χ3v) is 8.45. The third kappa shape index (κ3) is 5.88. The second kappa shape index (κ2) is 10.0. The van der Waals surface area contributed by atoms with E-state index in [-0.39, 0.29) is 10.6 Å². The van der Waals surface area contributed by atoms with E-state index in [1.165, 1.54) is 31.3 Å². The Hall–Kier alpha value is -3.08. The molecule has 0 spiro atoms. The third-order valence-electron chi connectivity index (χ3n) is 5.05. The van der Waals surface area contributed by atoms with Crippen molar-refractivity contribution < 1.29 is 21.6 Å². The van der Waals surface area contributed by atoms with Crippen molar-refractivity contribution in [1.82, 2.24) is 0 Å². The van der Waals surface area contributed by atoms with Crippen LogP contribution in [0.15, 0.2) is 77.7 Å². The number of carbonyl (C=O) groups is 1. The zero-order chi connectivity index (χ0) is 25.1. The Morgan fingerprint density at radius 2 is 1.59 bits per heavy atom. The van der Waals surface area contributed by atoms with Gasteiger partial charge in [-0.05, 0) is 55.0 Å². The van der Waals surface area contributed by atoms with Crippen LogP contribution in [0.25, 0.3) is 0 Å². The Balaban J connectivity index is 1.93. The van der Waals surface area contributed by atoms with Crippen molar-refractivity contribution in [2.24, 2.45) is 0 Å². The minimum atomic E-state index is -4.09. The molecule has 0 saturated heterocycles. The van der Waals surface area contributed by atoms with E-state index in [1.54, 1.807) is 55.5 Å². The number of rotatable bonds is 8. The maximum atomic E-state index is 13.4. The standard InChI is InChI=1S/C23H24ClN3O5S2/c1-17-12-13-20(15-22(17)24)27(34(31,32)21-10-5-4-6-11-21)16-23(28)25-18-8-7-9-19(14-18)26(2)33(3,29)30/h4-15H,16H2,1-3H3,(H,25,28). The molecule has 0 aliphatic rings. The van der Waals surface area contributed by atoms with Crippen molar-refractivity contribution in [2.75, 3.05) is 33.8 Å². The number of nitrogens with one attached hydrogen (secondary N) is 1. The van der Waals surface area contributed by atoms with Crippen LogP contribution in [0.5, 0.6) is 0 Å². The summed E-state index contributed by atoms with van der Waals surface area (Å²) in [4.78, 5) is 12.9. The fourth-order valence-electron chi connectivity index (χ4n) is 3.07. The molecule has 8 nitrogen and oxygen atoms in total. The van der Waals surface area contributed by atoms with Crippen molar-refractivity contribution in [3.05, 3.63) is 83.4 Å². The molecule has 0 unspecified atom stereocenters. The average Bonchev–Trinajstić information content (AvgIpc) is 2.79. The molecule has 0 bridgehead atoms. The van der Waals surface area contributed by atoms with E-state index in [4.69, 9.17) is 11.6 Å². The number of aryl methyl sites for hydroxylation is 1. The van der Waals surface area contributed by atoms with Gasteiger partial charge in [-0.1, -0.05) is 41.9 Å². The SMILES string of the molecule is Cc1ccc(N(CC(=O)Nc2cccc(N(C)S(C)(=O)=O)c2)S(=O)(=O)c2ccccc2)cc1Cl. The molecule has 3 rings (SSSR count). The van der Waals surface area contributed by atoms with Crippen LogP contribution >= 0.6 is 11.6 Å². The van der Waals surface area contributed by atoms with Gasteiger partial charge in [0.1, 0.15) is 6.54 Å². The van der Waals surface area contributed by atoms with Crippen LogP contribution in [0.4, 0.5) is 17.1 Å². The first-order chi connectivity index (χ1) is 15.9. The van der Waals surface area contributed by atoms with Crippen molar-refractivity contribution in [1.29, 1.82) is 0 Å². The van der Waals surface area contributed by atoms with Gasteiger partial charge in [0.15, 0.2) is 0 Å². The molecule has 180 valence electrons. The smallest absolute Gasteiger partial charge is 0.264 e. The quantitative estimate of drug-likeness (QED) is 0.484. The van der Waals surface area contributed by atoms with Crippen LogP contribution in [-0.2, 0) is 24.8 Å². The summed E-state index contributed by atoms with van der Waals surface area (Å²) < 4.78 is 52.5. The number of halogens is 1. The predicted molar refractivity (Wildman–Crippen MR) is 135 cm³/mol. The van der Waals surface area contributed by atoms with Crippen LogP contribution in [0, 0.1) is 6.92 Å². The van der Waals surface area contributed by atoms with Gasteiger partial charge in [0.25, 0.3) is 10.0 Å². The van der Waals surface area contributed by atoms with Crippen molar-refractivity contribution in [2.45, 2.75) is 11.8 Å². The number of hydrogen-bond acceptors (Lipinski definition) is 5. The Morgan fingerprint density at radius 1 is 0.912 bits per heavy atom. The van der Waals surface area contributed by atoms with E-state index in [9.17, 15) is 21.6 Å². The predicted octanol–water partition coefficient (Wildman–Crippen LogP) is 3.88. The summed E-state index contributed by atoms with van der Waals surface area (Å²) in [6.45, 7) is 1.26. The van der Waals surface area contributed by atoms with Gasteiger partial charge in [-0.2, -0.15) is 0 Å². The monoisotopic (exact) mass is 521 g/mol. The maximum absolute atomic E-state index is 13.4. The number of sulfonamides is 2. The number of amides is 1. The first kappa shape index (κ1) is 25.5. The van der Waals surface area contributed by atoms with Crippen molar-refractivity contribution in [3.63, 3.8) is 0 Å². The highest BCUT2D eigenvalue weighted by Gasteiger charge is 2.27. The Labute approximate surface area is 204 Å². The summed E-state index contributed by atoms with van der Waals surface area (Å²) in [5, 5.41) is 3.00. The van der Waals surface area contributed by atoms with E-state index in [1.807, 2.05) is 0 Å². The van der Waals surface area contributed by atoms with E-state index in [0.717, 1.165) is 20.4 Å². The number of anilines is 3. The Morgan fingerprint density at radius 3 is 2.21 bits per heavy atom. The van der Waals surface area contributed by atoms with Crippen LogP contribution in [0.3, 0.4) is 0 Å². The van der Waals surface area contributed by atoms with E-state index in [2.05, 4.69) is 5.32 Å². The molecule has 0 aliphatic heterocycles. The molecule has 0 saturated carbocycles. The van der Waals surface area contributed by atoms with Gasteiger partial charge >= 0.3 is 0 Å². The zero-order valence-electron chi connectivity index (χ0n) is 18.8. The molecule has 0 aliphatic carbocycles. The van der Waals surface area contributed by atoms with Gasteiger partial charge in [-0.25, -0.2) is 16.8 Å².